The molecule has 0 saturated carbocycles. The van der Waals surface area contributed by atoms with E-state index in [2.05, 4.69) is 44.3 Å². The van der Waals surface area contributed by atoms with E-state index in [9.17, 15) is 0 Å². The van der Waals surface area contributed by atoms with Crippen LogP contribution in [0.3, 0.4) is 0 Å². The van der Waals surface area contributed by atoms with Gasteiger partial charge < -0.3 is 10.1 Å². The third-order valence-electron chi connectivity index (χ3n) is 5.23. The highest BCUT2D eigenvalue weighted by atomic mass is 16.5. The summed E-state index contributed by atoms with van der Waals surface area (Å²) in [6, 6.07) is 9.87. The van der Waals surface area contributed by atoms with Crippen molar-refractivity contribution in [3.8, 4) is 0 Å². The van der Waals surface area contributed by atoms with Crippen LogP contribution in [0.4, 0.5) is 0 Å². The molecule has 1 aromatic heterocycles. The maximum Gasteiger partial charge on any atom is 0.176 e. The highest BCUT2D eigenvalue weighted by Gasteiger charge is 2.26. The van der Waals surface area contributed by atoms with Gasteiger partial charge in [-0.25, -0.2) is 9.67 Å². The van der Waals surface area contributed by atoms with E-state index in [0.29, 0.717) is 18.7 Å². The van der Waals surface area contributed by atoms with Crippen LogP contribution in [0.5, 0.6) is 0 Å². The summed E-state index contributed by atoms with van der Waals surface area (Å²) in [5.74, 6) is 1.90. The maximum atomic E-state index is 5.15. The molecule has 1 aromatic carbocycles. The van der Waals surface area contributed by atoms with Crippen molar-refractivity contribution < 1.29 is 4.74 Å². The van der Waals surface area contributed by atoms with Gasteiger partial charge in [0.15, 0.2) is 5.82 Å². The van der Waals surface area contributed by atoms with E-state index in [4.69, 9.17) is 4.74 Å². The molecule has 2 atom stereocenters. The summed E-state index contributed by atoms with van der Waals surface area (Å²) < 4.78 is 7.22. The Balaban J connectivity index is 1.48. The van der Waals surface area contributed by atoms with Gasteiger partial charge in [-0.15, -0.1) is 0 Å². The summed E-state index contributed by atoms with van der Waals surface area (Å²) in [5, 5.41) is 8.50. The van der Waals surface area contributed by atoms with Crippen molar-refractivity contribution in [2.24, 2.45) is 0 Å². The van der Waals surface area contributed by atoms with Crippen LogP contribution in [-0.2, 0) is 30.7 Å². The highest BCUT2D eigenvalue weighted by molar-refractivity contribution is 5.31. The van der Waals surface area contributed by atoms with Gasteiger partial charge in [-0.2, -0.15) is 5.10 Å². The lowest BCUT2D eigenvalue weighted by atomic mass is 9.97. The molecule has 5 nitrogen and oxygen atoms in total. The zero-order valence-corrected chi connectivity index (χ0v) is 14.4. The number of ether oxygens (including phenoxy) is 1. The van der Waals surface area contributed by atoms with Gasteiger partial charge in [-0.1, -0.05) is 30.7 Å². The second-order valence-corrected chi connectivity index (χ2v) is 6.96. The summed E-state index contributed by atoms with van der Waals surface area (Å²) in [5.41, 5.74) is 3.02. The molecule has 0 fully saturated rings. The number of fused-ring (bicyclic) bond motifs is 2. The molecule has 2 aliphatic rings. The van der Waals surface area contributed by atoms with E-state index in [1.807, 2.05) is 0 Å². The summed E-state index contributed by atoms with van der Waals surface area (Å²) in [6.07, 6.45) is 7.16. The van der Waals surface area contributed by atoms with E-state index in [-0.39, 0.29) is 0 Å². The predicted octanol–water partition coefficient (Wildman–Crippen LogP) is 2.80. The van der Waals surface area contributed by atoms with Crippen LogP contribution >= 0.6 is 0 Å². The fourth-order valence-corrected chi connectivity index (χ4v) is 4.07. The van der Waals surface area contributed by atoms with Crippen molar-refractivity contribution in [3.63, 3.8) is 0 Å². The molecular formula is C19H26N4O. The van der Waals surface area contributed by atoms with Crippen molar-refractivity contribution in [1.29, 1.82) is 0 Å². The zero-order valence-electron chi connectivity index (χ0n) is 14.4. The minimum Gasteiger partial charge on any atom is -0.377 e. The highest BCUT2D eigenvalue weighted by Crippen LogP contribution is 2.29. The van der Waals surface area contributed by atoms with Gasteiger partial charge in [-0.3, -0.25) is 0 Å². The van der Waals surface area contributed by atoms with Crippen molar-refractivity contribution in [1.82, 2.24) is 20.1 Å². The van der Waals surface area contributed by atoms with Crippen LogP contribution in [0, 0.1) is 0 Å². The number of aromatic nitrogens is 3. The summed E-state index contributed by atoms with van der Waals surface area (Å²) in [7, 11) is 1.69. The number of nitrogens with one attached hydrogen (secondary N) is 1. The second kappa shape index (κ2) is 7.03. The largest absolute Gasteiger partial charge is 0.377 e. The smallest absolute Gasteiger partial charge is 0.176 e. The van der Waals surface area contributed by atoms with Crippen LogP contribution in [0.2, 0.25) is 0 Å². The molecule has 0 unspecified atom stereocenters. The Morgan fingerprint density at radius 3 is 3.04 bits per heavy atom. The first kappa shape index (κ1) is 15.8. The van der Waals surface area contributed by atoms with E-state index in [0.717, 1.165) is 31.0 Å². The molecular weight excluding hydrogens is 300 g/mol. The molecule has 0 saturated heterocycles. The Hall–Kier alpha value is -1.72. The lowest BCUT2D eigenvalue weighted by molar-refractivity contribution is 0.177. The molecule has 0 radical (unpaired) electrons. The van der Waals surface area contributed by atoms with Gasteiger partial charge in [0.05, 0.1) is 6.54 Å². The Kier molecular flexibility index (Phi) is 4.63. The third-order valence-corrected chi connectivity index (χ3v) is 5.23. The number of hydrogen-bond acceptors (Lipinski definition) is 4. The topological polar surface area (TPSA) is 52.0 Å². The second-order valence-electron chi connectivity index (χ2n) is 6.96. The van der Waals surface area contributed by atoms with E-state index in [1.54, 1.807) is 7.11 Å². The summed E-state index contributed by atoms with van der Waals surface area (Å²) in [6.45, 7) is 1.40. The van der Waals surface area contributed by atoms with Crippen LogP contribution < -0.4 is 5.32 Å². The number of benzene rings is 1. The summed E-state index contributed by atoms with van der Waals surface area (Å²) >= 11 is 0. The molecule has 4 rings (SSSR count). The Morgan fingerprint density at radius 1 is 1.21 bits per heavy atom. The Labute approximate surface area is 143 Å². The number of rotatable bonds is 4. The van der Waals surface area contributed by atoms with Gasteiger partial charge in [-0.05, 0) is 36.8 Å². The minimum atomic E-state index is 0.464. The lowest BCUT2D eigenvalue weighted by Gasteiger charge is -2.29. The fraction of sp³-hybridized carbons (Fsp3) is 0.579. The number of hydrogen-bond donors (Lipinski definition) is 1. The van der Waals surface area contributed by atoms with Crippen molar-refractivity contribution in [2.75, 3.05) is 7.11 Å². The molecule has 1 N–H and O–H groups in total. The lowest BCUT2D eigenvalue weighted by Crippen LogP contribution is -2.40. The number of aryl methyl sites for hydroxylation is 2. The SMILES string of the molecule is COCc1nc2n(n1)C[C@H](N[C@@H]1CCCCc3ccccc31)CC2. The first-order valence-corrected chi connectivity index (χ1v) is 9.09. The molecule has 0 bridgehead atoms. The minimum absolute atomic E-state index is 0.464. The van der Waals surface area contributed by atoms with Gasteiger partial charge in [0, 0.05) is 25.6 Å². The normalized spacial score (nSPS) is 23.4. The Morgan fingerprint density at radius 2 is 2.12 bits per heavy atom. The average Bonchev–Trinajstić information content (AvgIpc) is 2.88. The van der Waals surface area contributed by atoms with Crippen LogP contribution in [0.1, 0.15) is 54.5 Å². The van der Waals surface area contributed by atoms with Gasteiger partial charge in [0.25, 0.3) is 0 Å². The fourth-order valence-electron chi connectivity index (χ4n) is 4.07. The van der Waals surface area contributed by atoms with Crippen LogP contribution in [0.25, 0.3) is 0 Å². The van der Waals surface area contributed by atoms with Crippen molar-refractivity contribution in [3.05, 3.63) is 47.0 Å². The van der Waals surface area contributed by atoms with Gasteiger partial charge in [0.2, 0.25) is 0 Å². The molecule has 1 aliphatic heterocycles. The van der Waals surface area contributed by atoms with Gasteiger partial charge in [0.1, 0.15) is 12.4 Å². The first-order chi connectivity index (χ1) is 11.8. The quantitative estimate of drug-likeness (QED) is 0.878. The molecule has 2 heterocycles. The predicted molar refractivity (Wildman–Crippen MR) is 92.7 cm³/mol. The monoisotopic (exact) mass is 326 g/mol. The van der Waals surface area contributed by atoms with Crippen LogP contribution in [-0.4, -0.2) is 27.9 Å². The maximum absolute atomic E-state index is 5.15. The first-order valence-electron chi connectivity index (χ1n) is 9.09. The standard InChI is InChI=1S/C19H26N4O/c1-24-13-18-21-19-11-10-15(12-23(19)22-18)20-17-9-5-3-7-14-6-2-4-8-16(14)17/h2,4,6,8,15,17,20H,3,5,7,9-13H2,1H3/t15-,17-/m1/s1. The van der Waals surface area contributed by atoms with Crippen molar-refractivity contribution in [2.45, 2.75) is 63.8 Å². The summed E-state index contributed by atoms with van der Waals surface area (Å²) in [4.78, 5) is 4.57. The average molecular weight is 326 g/mol. The number of nitrogens with zero attached hydrogens (tertiary/aromatic N) is 3. The molecule has 0 spiro atoms. The molecule has 1 aliphatic carbocycles. The molecule has 0 amide bonds. The molecule has 2 aromatic rings. The van der Waals surface area contributed by atoms with Crippen molar-refractivity contribution >= 4 is 0 Å². The molecule has 128 valence electrons. The van der Waals surface area contributed by atoms with Crippen LogP contribution in [0.15, 0.2) is 24.3 Å². The van der Waals surface area contributed by atoms with E-state index >= 15 is 0 Å². The Bertz CT molecular complexity index is 696. The third kappa shape index (κ3) is 3.23. The van der Waals surface area contributed by atoms with Gasteiger partial charge >= 0.3 is 0 Å². The van der Waals surface area contributed by atoms with E-state index in [1.165, 1.54) is 36.8 Å². The number of methoxy groups -OCH3 is 1. The zero-order chi connectivity index (χ0) is 16.4. The molecule has 24 heavy (non-hydrogen) atoms. The van der Waals surface area contributed by atoms with E-state index < -0.39 is 0 Å². The molecule has 5 heteroatoms.